The van der Waals surface area contributed by atoms with Gasteiger partial charge in [0.15, 0.2) is 11.5 Å². The highest BCUT2D eigenvalue weighted by Crippen LogP contribution is 2.34. The maximum absolute atomic E-state index is 5.75. The summed E-state index contributed by atoms with van der Waals surface area (Å²) in [5.41, 5.74) is 12.2. The number of hydrogen-bond acceptors (Lipinski definition) is 6. The topological polar surface area (TPSA) is 91.8 Å². The Morgan fingerprint density at radius 1 is 1.05 bits per heavy atom. The van der Waals surface area contributed by atoms with E-state index in [1.165, 1.54) is 0 Å². The van der Waals surface area contributed by atoms with Crippen LogP contribution in [-0.2, 0) is 6.54 Å². The van der Waals surface area contributed by atoms with E-state index in [1.807, 2.05) is 6.07 Å². The molecule has 0 aromatic heterocycles. The molecule has 0 radical (unpaired) electrons. The van der Waals surface area contributed by atoms with E-state index in [9.17, 15) is 0 Å². The predicted octanol–water partition coefficient (Wildman–Crippen LogP) is 0.0880. The van der Waals surface area contributed by atoms with Gasteiger partial charge in [0.05, 0.1) is 21.3 Å². The van der Waals surface area contributed by atoms with Crippen molar-refractivity contribution in [2.45, 2.75) is 12.6 Å². The summed E-state index contributed by atoms with van der Waals surface area (Å²) in [6, 6.07) is 3.64. The second-order valence-electron chi connectivity index (χ2n) is 4.15. The Kier molecular flexibility index (Phi) is 6.41. The summed E-state index contributed by atoms with van der Waals surface area (Å²) in [7, 11) is 4.82. The Hall–Kier alpha value is -1.50. The molecule has 0 saturated heterocycles. The number of benzene rings is 1. The van der Waals surface area contributed by atoms with Gasteiger partial charge in [-0.05, 0) is 6.07 Å². The molecule has 1 unspecified atom stereocenters. The summed E-state index contributed by atoms with van der Waals surface area (Å²) < 4.78 is 15.8. The van der Waals surface area contributed by atoms with E-state index in [1.54, 1.807) is 27.4 Å². The summed E-state index contributed by atoms with van der Waals surface area (Å²) >= 11 is 0. The van der Waals surface area contributed by atoms with Crippen LogP contribution < -0.4 is 31.0 Å². The Morgan fingerprint density at radius 2 is 1.63 bits per heavy atom. The molecule has 6 heteroatoms. The van der Waals surface area contributed by atoms with Crippen LogP contribution in [0.4, 0.5) is 0 Å². The van der Waals surface area contributed by atoms with Gasteiger partial charge < -0.3 is 31.0 Å². The van der Waals surface area contributed by atoms with Gasteiger partial charge in [0.25, 0.3) is 0 Å². The lowest BCUT2D eigenvalue weighted by molar-refractivity contribution is 0.347. The first kappa shape index (κ1) is 15.6. The second kappa shape index (κ2) is 7.83. The molecule has 0 aliphatic carbocycles. The molecule has 6 nitrogen and oxygen atoms in total. The molecule has 1 atom stereocenters. The average molecular weight is 269 g/mol. The van der Waals surface area contributed by atoms with Gasteiger partial charge >= 0.3 is 0 Å². The summed E-state index contributed by atoms with van der Waals surface area (Å²) in [6.07, 6.45) is 0. The molecule has 1 rings (SSSR count). The van der Waals surface area contributed by atoms with Crippen molar-refractivity contribution in [2.75, 3.05) is 34.4 Å². The Morgan fingerprint density at radius 3 is 2.16 bits per heavy atom. The van der Waals surface area contributed by atoms with Gasteiger partial charge in [-0.25, -0.2) is 0 Å². The zero-order valence-electron chi connectivity index (χ0n) is 11.7. The van der Waals surface area contributed by atoms with Gasteiger partial charge in [-0.2, -0.15) is 0 Å². The molecule has 0 heterocycles. The fraction of sp³-hybridized carbons (Fsp3) is 0.538. The van der Waals surface area contributed by atoms with Crippen molar-refractivity contribution in [3.05, 3.63) is 17.7 Å². The molecule has 0 fully saturated rings. The van der Waals surface area contributed by atoms with Gasteiger partial charge in [-0.15, -0.1) is 0 Å². The molecule has 108 valence electrons. The molecule has 0 saturated carbocycles. The van der Waals surface area contributed by atoms with E-state index >= 15 is 0 Å². The van der Waals surface area contributed by atoms with E-state index in [4.69, 9.17) is 25.7 Å². The van der Waals surface area contributed by atoms with Crippen molar-refractivity contribution in [3.8, 4) is 17.2 Å². The molecular formula is C13H23N3O3. The van der Waals surface area contributed by atoms with Crippen LogP contribution in [0.15, 0.2) is 12.1 Å². The van der Waals surface area contributed by atoms with Crippen molar-refractivity contribution < 1.29 is 14.2 Å². The first-order valence-corrected chi connectivity index (χ1v) is 6.11. The fourth-order valence-electron chi connectivity index (χ4n) is 1.71. The van der Waals surface area contributed by atoms with Gasteiger partial charge in [-0.1, -0.05) is 0 Å². The second-order valence-corrected chi connectivity index (χ2v) is 4.15. The summed E-state index contributed by atoms with van der Waals surface area (Å²) in [4.78, 5) is 0. The number of rotatable bonds is 8. The summed E-state index contributed by atoms with van der Waals surface area (Å²) in [5.74, 6) is 2.05. The van der Waals surface area contributed by atoms with Crippen molar-refractivity contribution in [1.29, 1.82) is 0 Å². The van der Waals surface area contributed by atoms with Gasteiger partial charge in [0.2, 0.25) is 0 Å². The quantitative estimate of drug-likeness (QED) is 0.619. The highest BCUT2D eigenvalue weighted by molar-refractivity contribution is 5.50. The monoisotopic (exact) mass is 269 g/mol. The van der Waals surface area contributed by atoms with Crippen LogP contribution in [0.1, 0.15) is 5.56 Å². The highest BCUT2D eigenvalue weighted by atomic mass is 16.5. The van der Waals surface area contributed by atoms with Crippen molar-refractivity contribution >= 4 is 0 Å². The van der Waals surface area contributed by atoms with Crippen LogP contribution in [0.2, 0.25) is 0 Å². The molecule has 0 bridgehead atoms. The molecule has 19 heavy (non-hydrogen) atoms. The lowest BCUT2D eigenvalue weighted by atomic mass is 10.1. The van der Waals surface area contributed by atoms with Crippen molar-refractivity contribution in [3.63, 3.8) is 0 Å². The molecule has 0 aliphatic rings. The Bertz CT molecular complexity index is 399. The minimum absolute atomic E-state index is 0.0499. The number of nitrogens with one attached hydrogen (secondary N) is 1. The maximum Gasteiger partial charge on any atom is 0.164 e. The third kappa shape index (κ3) is 4.27. The van der Waals surface area contributed by atoms with Gasteiger partial charge in [0.1, 0.15) is 5.75 Å². The molecule has 1 aromatic rings. The number of hydrogen-bond donors (Lipinski definition) is 3. The molecule has 0 spiro atoms. The summed E-state index contributed by atoms with van der Waals surface area (Å²) in [6.45, 7) is 1.72. The molecule has 0 amide bonds. The lowest BCUT2D eigenvalue weighted by Gasteiger charge is -2.15. The van der Waals surface area contributed by atoms with Gasteiger partial charge in [-0.3, -0.25) is 0 Å². The molecule has 0 aliphatic heterocycles. The van der Waals surface area contributed by atoms with E-state index in [0.29, 0.717) is 31.1 Å². The Labute approximate surface area is 114 Å². The van der Waals surface area contributed by atoms with E-state index < -0.39 is 0 Å². The van der Waals surface area contributed by atoms with Crippen LogP contribution in [0.5, 0.6) is 17.2 Å². The predicted molar refractivity (Wildman–Crippen MR) is 74.8 cm³/mol. The zero-order chi connectivity index (χ0) is 14.3. The molecule has 5 N–H and O–H groups in total. The average Bonchev–Trinajstić information content (AvgIpc) is 2.46. The first-order valence-electron chi connectivity index (χ1n) is 6.11. The third-order valence-electron chi connectivity index (χ3n) is 2.81. The van der Waals surface area contributed by atoms with E-state index in [2.05, 4.69) is 5.32 Å². The fourth-order valence-corrected chi connectivity index (χ4v) is 1.71. The van der Waals surface area contributed by atoms with Crippen LogP contribution in [0.25, 0.3) is 0 Å². The smallest absolute Gasteiger partial charge is 0.164 e. The minimum Gasteiger partial charge on any atom is -0.496 e. The number of nitrogens with two attached hydrogens (primary N) is 2. The number of methoxy groups -OCH3 is 3. The van der Waals surface area contributed by atoms with E-state index in [0.717, 1.165) is 11.3 Å². The minimum atomic E-state index is -0.0499. The van der Waals surface area contributed by atoms with Crippen molar-refractivity contribution in [2.24, 2.45) is 11.5 Å². The molecule has 1 aromatic carbocycles. The third-order valence-corrected chi connectivity index (χ3v) is 2.81. The summed E-state index contributed by atoms with van der Waals surface area (Å²) in [5, 5.41) is 3.23. The largest absolute Gasteiger partial charge is 0.496 e. The first-order chi connectivity index (χ1) is 9.15. The standard InChI is InChI=1S/C13H23N3O3/c1-17-11-5-13(19-3)12(18-2)4-9(11)7-16-8-10(15)6-14/h4-5,10,16H,6-8,14-15H2,1-3H3. The van der Waals surface area contributed by atoms with Crippen LogP contribution in [0, 0.1) is 0 Å². The van der Waals surface area contributed by atoms with Crippen LogP contribution in [0.3, 0.4) is 0 Å². The Balaban J connectivity index is 2.80. The maximum atomic E-state index is 5.75. The highest BCUT2D eigenvalue weighted by Gasteiger charge is 2.11. The normalized spacial score (nSPS) is 12.1. The van der Waals surface area contributed by atoms with Crippen LogP contribution in [-0.4, -0.2) is 40.5 Å². The van der Waals surface area contributed by atoms with Crippen molar-refractivity contribution in [1.82, 2.24) is 5.32 Å². The zero-order valence-corrected chi connectivity index (χ0v) is 11.7. The SMILES string of the molecule is COc1cc(OC)c(OC)cc1CNCC(N)CN. The van der Waals surface area contributed by atoms with E-state index in [-0.39, 0.29) is 6.04 Å². The lowest BCUT2D eigenvalue weighted by Crippen LogP contribution is -2.39. The molecular weight excluding hydrogens is 246 g/mol. The van der Waals surface area contributed by atoms with Crippen LogP contribution >= 0.6 is 0 Å². The number of ether oxygens (including phenoxy) is 3. The van der Waals surface area contributed by atoms with Gasteiger partial charge in [0, 0.05) is 37.3 Å².